The Balaban J connectivity index is 2.22. The van der Waals surface area contributed by atoms with Crippen molar-refractivity contribution in [3.63, 3.8) is 0 Å². The van der Waals surface area contributed by atoms with Crippen LogP contribution in [0.25, 0.3) is 0 Å². The van der Waals surface area contributed by atoms with Gasteiger partial charge in [-0.2, -0.15) is 0 Å². The fraction of sp³-hybridized carbons (Fsp3) is 1.00. The molecule has 0 bridgehead atoms. The van der Waals surface area contributed by atoms with Crippen LogP contribution in [0.3, 0.4) is 0 Å². The molecule has 0 aromatic heterocycles. The van der Waals surface area contributed by atoms with Crippen molar-refractivity contribution in [2.45, 2.75) is 43.6 Å². The van der Waals surface area contributed by atoms with Crippen LogP contribution >= 0.6 is 0 Å². The van der Waals surface area contributed by atoms with Gasteiger partial charge in [-0.05, 0) is 12.8 Å². The summed E-state index contributed by atoms with van der Waals surface area (Å²) in [6, 6.07) is 0. The van der Waals surface area contributed by atoms with Gasteiger partial charge in [0.1, 0.15) is 0 Å². The van der Waals surface area contributed by atoms with E-state index in [4.69, 9.17) is 0 Å². The first kappa shape index (κ1) is 7.47. The maximum atomic E-state index is 13.2. The zero-order valence-electron chi connectivity index (χ0n) is 6.50. The molecule has 1 aliphatic carbocycles. The Morgan fingerprint density at radius 1 is 1.00 bits per heavy atom. The molecule has 0 unspecified atom stereocenters. The fourth-order valence-corrected chi connectivity index (χ4v) is 2.35. The minimum atomic E-state index is -2.44. The molecule has 2 aliphatic rings. The lowest BCUT2D eigenvalue weighted by Gasteiger charge is -2.30. The van der Waals surface area contributed by atoms with Gasteiger partial charge < -0.3 is 5.32 Å². The Kier molecular flexibility index (Phi) is 1.46. The lowest BCUT2D eigenvalue weighted by atomic mass is 9.92. The Morgan fingerprint density at radius 2 is 1.64 bits per heavy atom. The van der Waals surface area contributed by atoms with E-state index in [1.165, 1.54) is 0 Å². The highest BCUT2D eigenvalue weighted by Gasteiger charge is 2.57. The molecule has 0 radical (unpaired) electrons. The lowest BCUT2D eigenvalue weighted by Crippen LogP contribution is -2.49. The van der Waals surface area contributed by atoms with E-state index in [0.717, 1.165) is 12.8 Å². The molecule has 1 saturated carbocycles. The highest BCUT2D eigenvalue weighted by molar-refractivity contribution is 5.07. The largest absolute Gasteiger partial charge is 0.306 e. The number of hydrogen-bond donors (Lipinski definition) is 1. The van der Waals surface area contributed by atoms with Crippen LogP contribution in [0.2, 0.25) is 0 Å². The lowest BCUT2D eigenvalue weighted by molar-refractivity contribution is -0.0578. The molecule has 1 spiro atoms. The van der Waals surface area contributed by atoms with Crippen LogP contribution in [-0.2, 0) is 0 Å². The molecule has 3 heteroatoms. The van der Waals surface area contributed by atoms with Gasteiger partial charge in [-0.1, -0.05) is 12.8 Å². The molecule has 1 aliphatic heterocycles. The van der Waals surface area contributed by atoms with Crippen molar-refractivity contribution in [3.8, 4) is 0 Å². The van der Waals surface area contributed by atoms with Gasteiger partial charge in [-0.3, -0.25) is 0 Å². The van der Waals surface area contributed by atoms with Crippen molar-refractivity contribution in [1.82, 2.24) is 5.32 Å². The molecule has 0 amide bonds. The highest BCUT2D eigenvalue weighted by atomic mass is 19.3. The topological polar surface area (TPSA) is 12.0 Å². The molecule has 1 nitrogen and oxygen atoms in total. The average Bonchev–Trinajstić information content (AvgIpc) is 2.45. The van der Waals surface area contributed by atoms with Gasteiger partial charge in [-0.25, -0.2) is 8.78 Å². The molecule has 11 heavy (non-hydrogen) atoms. The number of rotatable bonds is 0. The van der Waals surface area contributed by atoms with E-state index in [1.807, 2.05) is 0 Å². The quantitative estimate of drug-likeness (QED) is 0.572. The minimum absolute atomic E-state index is 0.0347. The second-order valence-electron chi connectivity index (χ2n) is 3.67. The van der Waals surface area contributed by atoms with Gasteiger partial charge >= 0.3 is 0 Å². The van der Waals surface area contributed by atoms with E-state index in [1.54, 1.807) is 0 Å². The molecule has 2 fully saturated rings. The van der Waals surface area contributed by atoms with E-state index in [0.29, 0.717) is 19.4 Å². The van der Waals surface area contributed by atoms with E-state index in [2.05, 4.69) is 5.32 Å². The number of halogens is 2. The van der Waals surface area contributed by atoms with E-state index in [9.17, 15) is 8.78 Å². The zero-order valence-corrected chi connectivity index (χ0v) is 6.50. The summed E-state index contributed by atoms with van der Waals surface area (Å²) in [5.74, 6) is -2.44. The van der Waals surface area contributed by atoms with E-state index < -0.39 is 11.5 Å². The second kappa shape index (κ2) is 2.16. The molecule has 1 saturated heterocycles. The third-order valence-corrected chi connectivity index (χ3v) is 3.06. The first-order valence-corrected chi connectivity index (χ1v) is 4.29. The predicted molar refractivity (Wildman–Crippen MR) is 38.8 cm³/mol. The van der Waals surface area contributed by atoms with Crippen LogP contribution in [-0.4, -0.2) is 18.0 Å². The van der Waals surface area contributed by atoms with Crippen LogP contribution in [0.4, 0.5) is 8.78 Å². The van der Waals surface area contributed by atoms with Crippen LogP contribution < -0.4 is 5.32 Å². The summed E-state index contributed by atoms with van der Waals surface area (Å²) in [7, 11) is 0. The van der Waals surface area contributed by atoms with Gasteiger partial charge in [0.25, 0.3) is 5.92 Å². The third kappa shape index (κ3) is 0.901. The molecular weight excluding hydrogens is 148 g/mol. The molecule has 1 N–H and O–H groups in total. The molecule has 0 atom stereocenters. The zero-order chi connectivity index (χ0) is 7.95. The molecule has 0 aromatic rings. The summed E-state index contributed by atoms with van der Waals surface area (Å²) in [5.41, 5.74) is -0.799. The molecular formula is C8H13F2N. The summed E-state index contributed by atoms with van der Waals surface area (Å²) in [6.45, 7) is 0.493. The summed E-state index contributed by atoms with van der Waals surface area (Å²) >= 11 is 0. The van der Waals surface area contributed by atoms with Gasteiger partial charge in [0, 0.05) is 13.0 Å². The van der Waals surface area contributed by atoms with Gasteiger partial charge in [0.15, 0.2) is 0 Å². The SMILES string of the molecule is FC1(F)CCNC12CCCC2. The predicted octanol–water partition coefficient (Wildman–Crippen LogP) is 1.93. The molecule has 0 aromatic carbocycles. The Hall–Kier alpha value is -0.180. The monoisotopic (exact) mass is 161 g/mol. The van der Waals surface area contributed by atoms with Crippen molar-refractivity contribution < 1.29 is 8.78 Å². The van der Waals surface area contributed by atoms with Gasteiger partial charge in [-0.15, -0.1) is 0 Å². The van der Waals surface area contributed by atoms with E-state index >= 15 is 0 Å². The van der Waals surface area contributed by atoms with Crippen LogP contribution in [0.5, 0.6) is 0 Å². The Morgan fingerprint density at radius 3 is 2.09 bits per heavy atom. The van der Waals surface area contributed by atoms with Crippen molar-refractivity contribution in [3.05, 3.63) is 0 Å². The van der Waals surface area contributed by atoms with Crippen molar-refractivity contribution in [2.24, 2.45) is 0 Å². The first-order chi connectivity index (χ1) is 5.16. The summed E-state index contributed by atoms with van der Waals surface area (Å²) in [5, 5.41) is 2.97. The van der Waals surface area contributed by atoms with Crippen LogP contribution in [0.15, 0.2) is 0 Å². The second-order valence-corrected chi connectivity index (χ2v) is 3.67. The highest BCUT2D eigenvalue weighted by Crippen LogP contribution is 2.46. The van der Waals surface area contributed by atoms with Gasteiger partial charge in [0.05, 0.1) is 5.54 Å². The fourth-order valence-electron chi connectivity index (χ4n) is 2.35. The summed E-state index contributed by atoms with van der Waals surface area (Å²) in [4.78, 5) is 0. The number of nitrogens with one attached hydrogen (secondary N) is 1. The molecule has 64 valence electrons. The van der Waals surface area contributed by atoms with Crippen molar-refractivity contribution in [1.29, 1.82) is 0 Å². The smallest absolute Gasteiger partial charge is 0.267 e. The standard InChI is InChI=1S/C8H13F2N/c9-8(10)5-6-11-7(8)3-1-2-4-7/h11H,1-6H2. The van der Waals surface area contributed by atoms with Crippen LogP contribution in [0, 0.1) is 0 Å². The van der Waals surface area contributed by atoms with E-state index in [-0.39, 0.29) is 6.42 Å². The first-order valence-electron chi connectivity index (χ1n) is 4.29. The normalized spacial score (nSPS) is 33.3. The number of hydrogen-bond acceptors (Lipinski definition) is 1. The Bertz CT molecular complexity index is 156. The summed E-state index contributed by atoms with van der Waals surface area (Å²) in [6.07, 6.45) is 3.29. The van der Waals surface area contributed by atoms with Crippen molar-refractivity contribution in [2.75, 3.05) is 6.54 Å². The maximum absolute atomic E-state index is 13.2. The average molecular weight is 161 g/mol. The van der Waals surface area contributed by atoms with Crippen LogP contribution in [0.1, 0.15) is 32.1 Å². The summed E-state index contributed by atoms with van der Waals surface area (Å²) < 4.78 is 26.5. The van der Waals surface area contributed by atoms with Crippen molar-refractivity contribution >= 4 is 0 Å². The van der Waals surface area contributed by atoms with Gasteiger partial charge in [0.2, 0.25) is 0 Å². The minimum Gasteiger partial charge on any atom is -0.306 e. The maximum Gasteiger partial charge on any atom is 0.267 e. The number of alkyl halides is 2. The molecule has 2 rings (SSSR count). The Labute approximate surface area is 65.2 Å². The molecule has 1 heterocycles. The third-order valence-electron chi connectivity index (χ3n) is 3.06.